The van der Waals surface area contributed by atoms with Crippen LogP contribution in [0.5, 0.6) is 5.75 Å². The molecule has 1 aliphatic carbocycles. The molecule has 1 aromatic carbocycles. The van der Waals surface area contributed by atoms with E-state index in [2.05, 4.69) is 4.74 Å². The number of allylic oxidation sites excluding steroid dienone is 5. The van der Waals surface area contributed by atoms with Crippen LogP contribution < -0.4 is 10.6 Å². The number of hydrogen-bond donors (Lipinski definition) is 2. The number of halogens is 4. The summed E-state index contributed by atoms with van der Waals surface area (Å²) in [5, 5.41) is 10.7. The summed E-state index contributed by atoms with van der Waals surface area (Å²) in [5.41, 5.74) is 0.779. The number of amides is 1. The molecule has 12 heteroatoms. The van der Waals surface area contributed by atoms with E-state index in [0.29, 0.717) is 34.1 Å². The fourth-order valence-corrected chi connectivity index (χ4v) is 3.05. The first-order valence-corrected chi connectivity index (χ1v) is 10.3. The van der Waals surface area contributed by atoms with Crippen LogP contribution in [0, 0.1) is 0 Å². The molecule has 1 amide bonds. The summed E-state index contributed by atoms with van der Waals surface area (Å²) in [4.78, 5) is 23.7. The predicted octanol–water partition coefficient (Wildman–Crippen LogP) is 3.46. The molecular formula is C22H24ClF3N2O6. The molecule has 0 radical (unpaired) electrons. The summed E-state index contributed by atoms with van der Waals surface area (Å²) in [6.45, 7) is -2.16. The molecule has 0 spiro atoms. The lowest BCUT2D eigenvalue weighted by Crippen LogP contribution is -2.39. The summed E-state index contributed by atoms with van der Waals surface area (Å²) < 4.78 is 52.4. The Morgan fingerprint density at radius 2 is 2.06 bits per heavy atom. The highest BCUT2D eigenvalue weighted by Gasteiger charge is 2.31. The zero-order valence-corrected chi connectivity index (χ0v) is 18.9. The second-order valence-corrected chi connectivity index (χ2v) is 7.68. The van der Waals surface area contributed by atoms with Crippen molar-refractivity contribution in [2.45, 2.75) is 31.7 Å². The fourth-order valence-electron chi connectivity index (χ4n) is 2.90. The van der Waals surface area contributed by atoms with E-state index < -0.39 is 30.8 Å². The number of carbonyl (C=O) groups excluding carboxylic acids is 1. The SMILES string of the molecule is COc1ccc(CC(OCC(F)(F)F)C(=O)O)cc1CN(N)C(=O)COC1=CCC(Cl)=CC=C1. The van der Waals surface area contributed by atoms with Crippen molar-refractivity contribution in [3.8, 4) is 5.75 Å². The Bertz CT molecular complexity index is 978. The molecule has 2 rings (SSSR count). The minimum Gasteiger partial charge on any atom is -0.496 e. The second kappa shape index (κ2) is 12.4. The van der Waals surface area contributed by atoms with Gasteiger partial charge in [-0.05, 0) is 29.9 Å². The van der Waals surface area contributed by atoms with Gasteiger partial charge >= 0.3 is 12.1 Å². The van der Waals surface area contributed by atoms with Crippen molar-refractivity contribution in [1.82, 2.24) is 5.01 Å². The van der Waals surface area contributed by atoms with Crippen molar-refractivity contribution in [3.05, 3.63) is 64.4 Å². The van der Waals surface area contributed by atoms with Crippen molar-refractivity contribution in [2.75, 3.05) is 20.3 Å². The first-order valence-electron chi connectivity index (χ1n) is 9.96. The first-order chi connectivity index (χ1) is 16.0. The molecule has 34 heavy (non-hydrogen) atoms. The van der Waals surface area contributed by atoms with E-state index in [9.17, 15) is 27.9 Å². The van der Waals surface area contributed by atoms with Gasteiger partial charge in [0.15, 0.2) is 12.7 Å². The normalized spacial score (nSPS) is 14.5. The molecule has 186 valence electrons. The average Bonchev–Trinajstić information content (AvgIpc) is 2.98. The van der Waals surface area contributed by atoms with Gasteiger partial charge in [0.25, 0.3) is 5.91 Å². The summed E-state index contributed by atoms with van der Waals surface area (Å²) in [5.74, 6) is 4.59. The van der Waals surface area contributed by atoms with Gasteiger partial charge in [0.05, 0.1) is 13.7 Å². The van der Waals surface area contributed by atoms with E-state index in [4.69, 9.17) is 26.9 Å². The van der Waals surface area contributed by atoms with Crippen molar-refractivity contribution >= 4 is 23.5 Å². The van der Waals surface area contributed by atoms with Gasteiger partial charge < -0.3 is 19.3 Å². The minimum absolute atomic E-state index is 0.122. The van der Waals surface area contributed by atoms with Crippen LogP contribution >= 0.6 is 11.6 Å². The highest BCUT2D eigenvalue weighted by molar-refractivity contribution is 6.29. The Morgan fingerprint density at radius 1 is 1.32 bits per heavy atom. The molecule has 3 N–H and O–H groups in total. The number of carbonyl (C=O) groups is 2. The number of benzene rings is 1. The number of hydrogen-bond acceptors (Lipinski definition) is 6. The number of nitrogens with two attached hydrogens (primary N) is 1. The highest BCUT2D eigenvalue weighted by Crippen LogP contribution is 2.23. The number of alkyl halides is 3. The number of ether oxygens (including phenoxy) is 3. The van der Waals surface area contributed by atoms with Crippen LogP contribution in [0.1, 0.15) is 17.5 Å². The maximum atomic E-state index is 12.4. The van der Waals surface area contributed by atoms with Gasteiger partial charge in [0.1, 0.15) is 18.1 Å². The average molecular weight is 505 g/mol. The third-order valence-electron chi connectivity index (χ3n) is 4.55. The van der Waals surface area contributed by atoms with Gasteiger partial charge in [0, 0.05) is 23.4 Å². The van der Waals surface area contributed by atoms with Crippen LogP contribution in [-0.4, -0.2) is 54.6 Å². The van der Waals surface area contributed by atoms with Gasteiger partial charge in [0.2, 0.25) is 0 Å². The minimum atomic E-state index is -4.66. The molecule has 0 aliphatic heterocycles. The maximum absolute atomic E-state index is 12.4. The molecule has 1 atom stereocenters. The van der Waals surface area contributed by atoms with E-state index in [1.54, 1.807) is 24.3 Å². The standard InChI is InChI=1S/C22H24ClF3N2O6/c1-32-18-8-5-14(10-19(21(30)31)34-13-22(24,25)26)9-15(18)11-28(27)20(29)12-33-17-4-2-3-16(23)6-7-17/h2-5,7-9,19H,6,10-13,27H2,1H3,(H,30,31). The Kier molecular flexibility index (Phi) is 9.97. The van der Waals surface area contributed by atoms with Crippen molar-refractivity contribution in [3.63, 3.8) is 0 Å². The third kappa shape index (κ3) is 9.08. The topological polar surface area (TPSA) is 111 Å². The molecule has 1 aliphatic rings. The number of rotatable bonds is 11. The lowest BCUT2D eigenvalue weighted by molar-refractivity contribution is -0.192. The van der Waals surface area contributed by atoms with Crippen LogP contribution in [0.2, 0.25) is 0 Å². The van der Waals surface area contributed by atoms with E-state index in [0.717, 1.165) is 5.01 Å². The van der Waals surface area contributed by atoms with Gasteiger partial charge in [-0.2, -0.15) is 13.2 Å². The van der Waals surface area contributed by atoms with E-state index >= 15 is 0 Å². The van der Waals surface area contributed by atoms with Crippen molar-refractivity contribution < 1.29 is 42.1 Å². The Balaban J connectivity index is 2.04. The Morgan fingerprint density at radius 3 is 2.71 bits per heavy atom. The quantitative estimate of drug-likeness (QED) is 0.270. The zero-order chi connectivity index (χ0) is 25.3. The summed E-state index contributed by atoms with van der Waals surface area (Å²) in [6, 6.07) is 4.48. The summed E-state index contributed by atoms with van der Waals surface area (Å²) in [7, 11) is 1.39. The maximum Gasteiger partial charge on any atom is 0.411 e. The van der Waals surface area contributed by atoms with Crippen LogP contribution in [0.15, 0.2) is 53.3 Å². The molecular weight excluding hydrogens is 481 g/mol. The Labute approximate surface area is 199 Å². The molecule has 0 heterocycles. The smallest absolute Gasteiger partial charge is 0.411 e. The van der Waals surface area contributed by atoms with Gasteiger partial charge in [-0.15, -0.1) is 0 Å². The van der Waals surface area contributed by atoms with Gasteiger partial charge in [-0.3, -0.25) is 9.80 Å². The largest absolute Gasteiger partial charge is 0.496 e. The van der Waals surface area contributed by atoms with E-state index in [-0.39, 0.29) is 19.6 Å². The highest BCUT2D eigenvalue weighted by atomic mass is 35.5. The van der Waals surface area contributed by atoms with E-state index in [1.807, 2.05) is 0 Å². The zero-order valence-electron chi connectivity index (χ0n) is 18.2. The Hall–Kier alpha value is -3.02. The molecule has 8 nitrogen and oxygen atoms in total. The number of carboxylic acid groups (broad SMARTS) is 1. The summed E-state index contributed by atoms with van der Waals surface area (Å²) in [6.07, 6.45) is 0.500. The summed E-state index contributed by atoms with van der Waals surface area (Å²) >= 11 is 5.93. The fraction of sp³-hybridized carbons (Fsp3) is 0.364. The molecule has 0 saturated carbocycles. The monoisotopic (exact) mass is 504 g/mol. The number of hydrazine groups is 1. The molecule has 0 bridgehead atoms. The second-order valence-electron chi connectivity index (χ2n) is 7.20. The molecule has 0 saturated heterocycles. The van der Waals surface area contributed by atoms with Crippen LogP contribution in [0.3, 0.4) is 0 Å². The lowest BCUT2D eigenvalue weighted by atomic mass is 10.0. The number of carboxylic acids is 1. The molecule has 0 aromatic heterocycles. The van der Waals surface area contributed by atoms with Crippen molar-refractivity contribution in [2.24, 2.45) is 5.84 Å². The lowest BCUT2D eigenvalue weighted by Gasteiger charge is -2.20. The first kappa shape index (κ1) is 27.2. The van der Waals surface area contributed by atoms with Gasteiger partial charge in [-0.25, -0.2) is 10.6 Å². The van der Waals surface area contributed by atoms with E-state index in [1.165, 1.54) is 25.3 Å². The van der Waals surface area contributed by atoms with Crippen molar-refractivity contribution in [1.29, 1.82) is 0 Å². The van der Waals surface area contributed by atoms with Gasteiger partial charge in [-0.1, -0.05) is 29.8 Å². The molecule has 0 fully saturated rings. The molecule has 1 aromatic rings. The van der Waals surface area contributed by atoms with Crippen LogP contribution in [0.25, 0.3) is 0 Å². The predicted molar refractivity (Wildman–Crippen MR) is 117 cm³/mol. The number of nitrogens with zero attached hydrogens (tertiary/aromatic N) is 1. The van der Waals surface area contributed by atoms with Crippen LogP contribution in [0.4, 0.5) is 13.2 Å². The number of aliphatic carboxylic acids is 1. The third-order valence-corrected chi connectivity index (χ3v) is 4.83. The molecule has 1 unspecified atom stereocenters. The number of methoxy groups -OCH3 is 1. The van der Waals surface area contributed by atoms with Crippen LogP contribution in [-0.2, 0) is 32.0 Å².